The fourth-order valence-electron chi connectivity index (χ4n) is 5.40. The highest BCUT2D eigenvalue weighted by molar-refractivity contribution is 7.52. The molecule has 0 radical (unpaired) electrons. The van der Waals surface area contributed by atoms with E-state index in [1.807, 2.05) is 18.2 Å². The summed E-state index contributed by atoms with van der Waals surface area (Å²) in [6.45, 7) is 9.06. The number of benzene rings is 2. The van der Waals surface area contributed by atoms with Gasteiger partial charge >= 0.3 is 13.7 Å². The van der Waals surface area contributed by atoms with Gasteiger partial charge in [0.15, 0.2) is 11.9 Å². The second-order valence-corrected chi connectivity index (χ2v) is 13.6. The van der Waals surface area contributed by atoms with Gasteiger partial charge in [0.25, 0.3) is 0 Å². The van der Waals surface area contributed by atoms with Crippen molar-refractivity contribution in [1.29, 1.82) is 0 Å². The van der Waals surface area contributed by atoms with E-state index >= 15 is 4.39 Å². The summed E-state index contributed by atoms with van der Waals surface area (Å²) in [7, 11) is -4.47. The lowest BCUT2D eigenvalue weighted by Crippen LogP contribution is -2.50. The summed E-state index contributed by atoms with van der Waals surface area (Å²) in [4.78, 5) is 17.0. The van der Waals surface area contributed by atoms with Gasteiger partial charge in [-0.15, -0.1) is 0 Å². The molecule has 2 aromatic heterocycles. The third-order valence-electron chi connectivity index (χ3n) is 7.59. The Morgan fingerprint density at radius 2 is 1.86 bits per heavy atom. The highest BCUT2D eigenvalue weighted by Crippen LogP contribution is 2.54. The van der Waals surface area contributed by atoms with Crippen LogP contribution in [0.25, 0.3) is 21.8 Å². The molecule has 6 atom stereocenters. The maximum absolute atomic E-state index is 16.3. The summed E-state index contributed by atoms with van der Waals surface area (Å²) >= 11 is 0. The van der Waals surface area contributed by atoms with E-state index in [0.717, 1.165) is 5.39 Å². The molecule has 1 fully saturated rings. The lowest BCUT2D eigenvalue weighted by Gasteiger charge is -2.36. The van der Waals surface area contributed by atoms with Crippen molar-refractivity contribution in [2.24, 2.45) is 0 Å². The number of fused-ring (bicyclic) bond motifs is 2. The lowest BCUT2D eigenvalue weighted by atomic mass is 9.90. The Balaban J connectivity index is 1.48. The zero-order valence-electron chi connectivity index (χ0n) is 25.4. The molecule has 1 unspecified atom stereocenters. The third-order valence-corrected chi connectivity index (χ3v) is 9.44. The van der Waals surface area contributed by atoms with Crippen molar-refractivity contribution < 1.29 is 37.4 Å². The average molecular weight is 629 g/mol. The van der Waals surface area contributed by atoms with Gasteiger partial charge in [-0.25, -0.2) is 13.9 Å². The number of carbonyl (C=O) groups is 1. The number of aliphatic hydroxyl groups excluding tert-OH is 1. The van der Waals surface area contributed by atoms with Crippen molar-refractivity contribution in [3.63, 3.8) is 0 Å². The van der Waals surface area contributed by atoms with Crippen LogP contribution >= 0.6 is 7.75 Å². The predicted octanol–water partition coefficient (Wildman–Crippen LogP) is 5.67. The van der Waals surface area contributed by atoms with Crippen molar-refractivity contribution in [2.75, 3.05) is 5.73 Å². The molecule has 44 heavy (non-hydrogen) atoms. The number of anilines is 1. The average Bonchev–Trinajstić information content (AvgIpc) is 3.47. The summed E-state index contributed by atoms with van der Waals surface area (Å²) in [5.74, 6) is -0.453. The number of carbonyl (C=O) groups excluding carboxylic acids is 1. The van der Waals surface area contributed by atoms with Gasteiger partial charge in [0.2, 0.25) is 0 Å². The highest BCUT2D eigenvalue weighted by atomic mass is 31.2. The quantitative estimate of drug-likeness (QED) is 0.148. The summed E-state index contributed by atoms with van der Waals surface area (Å²) in [5.41, 5.74) is 2.94. The zero-order valence-corrected chi connectivity index (χ0v) is 26.3. The first-order valence-corrected chi connectivity index (χ1v) is 15.9. The minimum atomic E-state index is -4.47. The van der Waals surface area contributed by atoms with Crippen LogP contribution < -0.4 is 15.3 Å². The number of ether oxygens (including phenoxy) is 2. The Labute approximate surface area is 255 Å². The topological polar surface area (TPSA) is 147 Å². The van der Waals surface area contributed by atoms with Gasteiger partial charge in [0, 0.05) is 28.9 Å². The largest absolute Gasteiger partial charge is 0.462 e. The number of esters is 1. The van der Waals surface area contributed by atoms with Crippen molar-refractivity contribution in [1.82, 2.24) is 14.6 Å². The van der Waals surface area contributed by atoms with E-state index in [0.29, 0.717) is 22.1 Å². The van der Waals surface area contributed by atoms with Gasteiger partial charge in [0.1, 0.15) is 35.2 Å². The molecule has 236 valence electrons. The molecular formula is C31H38FN4O7P. The Kier molecular flexibility index (Phi) is 8.52. The van der Waals surface area contributed by atoms with Gasteiger partial charge in [0.05, 0.1) is 6.10 Å². The number of nitrogens with zero attached hydrogens (tertiary/aromatic N) is 2. The Hall–Kier alpha value is -3.54. The third kappa shape index (κ3) is 6.05. The van der Waals surface area contributed by atoms with E-state index in [-0.39, 0.29) is 5.75 Å². The molecule has 0 spiro atoms. The molecule has 0 amide bonds. The minimum Gasteiger partial charge on any atom is -0.462 e. The summed E-state index contributed by atoms with van der Waals surface area (Å²) in [6, 6.07) is 14.7. The predicted molar refractivity (Wildman–Crippen MR) is 165 cm³/mol. The van der Waals surface area contributed by atoms with Gasteiger partial charge in [-0.1, -0.05) is 36.4 Å². The van der Waals surface area contributed by atoms with Crippen LogP contribution in [0, 0.1) is 0 Å². The number of hydrogen-bond donors (Lipinski definition) is 3. The molecule has 0 bridgehead atoms. The fourth-order valence-corrected chi connectivity index (χ4v) is 7.26. The number of nitrogen functional groups attached to an aromatic ring is 1. The molecule has 3 heterocycles. The molecule has 13 heteroatoms. The van der Waals surface area contributed by atoms with Crippen LogP contribution in [0.1, 0.15) is 47.8 Å². The van der Waals surface area contributed by atoms with E-state index in [1.165, 1.54) is 38.5 Å². The Bertz CT molecular complexity index is 1720. The van der Waals surface area contributed by atoms with Crippen LogP contribution in [0.4, 0.5) is 10.1 Å². The van der Waals surface area contributed by atoms with Gasteiger partial charge in [-0.05, 0) is 65.1 Å². The van der Waals surface area contributed by atoms with E-state index in [2.05, 4.69) is 10.1 Å². The van der Waals surface area contributed by atoms with Crippen LogP contribution in [0.3, 0.4) is 0 Å². The normalized spacial score (nSPS) is 24.4. The van der Waals surface area contributed by atoms with Crippen LogP contribution in [0.15, 0.2) is 67.0 Å². The van der Waals surface area contributed by atoms with E-state index in [4.69, 9.17) is 24.3 Å². The number of halogens is 1. The number of nitrogens with one attached hydrogen (secondary N) is 1. The first-order valence-electron chi connectivity index (χ1n) is 14.3. The van der Waals surface area contributed by atoms with E-state index in [9.17, 15) is 14.5 Å². The monoisotopic (exact) mass is 628 g/mol. The molecule has 2 aromatic carbocycles. The van der Waals surface area contributed by atoms with Crippen molar-refractivity contribution >= 4 is 41.2 Å². The molecule has 11 nitrogen and oxygen atoms in total. The highest BCUT2D eigenvalue weighted by Gasteiger charge is 2.61. The number of pyridine rings is 1. The van der Waals surface area contributed by atoms with Crippen molar-refractivity contribution in [3.8, 4) is 5.75 Å². The maximum Gasteiger partial charge on any atom is 0.460 e. The standard InChI is InChI=1S/C31H38FN4O7P/c1-18(2)40-28(38)19(3)35-44(39,42-24-13-9-11-20-10-7-8-12-21(20)24)43-30(4,5)26-25(37)31(6,32)29(41-26)36-17-15-22-23(33)14-16-34-27(22)36/h7-19,25-26,29,37H,1-6H3,(H2,33,34)(H,35,39)/t19-,25+,26-,29+,31+,44?/m0/s1. The van der Waals surface area contributed by atoms with Crippen LogP contribution in [-0.2, 0) is 23.4 Å². The minimum absolute atomic E-state index is 0.225. The number of hydrogen-bond acceptors (Lipinski definition) is 9. The Morgan fingerprint density at radius 1 is 1.16 bits per heavy atom. The molecular weight excluding hydrogens is 590 g/mol. The first-order chi connectivity index (χ1) is 20.6. The second-order valence-electron chi connectivity index (χ2n) is 12.0. The molecule has 1 saturated heterocycles. The summed E-state index contributed by atoms with van der Waals surface area (Å²) in [5, 5.41) is 16.0. The molecule has 4 N–H and O–H groups in total. The second kappa shape index (κ2) is 11.8. The van der Waals surface area contributed by atoms with E-state index < -0.39 is 55.6 Å². The van der Waals surface area contributed by atoms with Crippen LogP contribution in [0.5, 0.6) is 5.75 Å². The summed E-state index contributed by atoms with van der Waals surface area (Å²) in [6.07, 6.45) is -1.74. The zero-order chi connectivity index (χ0) is 32.0. The lowest BCUT2D eigenvalue weighted by molar-refractivity contribution is -0.149. The van der Waals surface area contributed by atoms with Crippen LogP contribution in [-0.4, -0.2) is 56.3 Å². The Morgan fingerprint density at radius 3 is 2.59 bits per heavy atom. The number of aromatic nitrogens is 2. The number of nitrogens with two attached hydrogens (primary N) is 1. The van der Waals surface area contributed by atoms with Gasteiger partial charge < -0.3 is 29.4 Å². The maximum atomic E-state index is 16.3. The van der Waals surface area contributed by atoms with Crippen LogP contribution in [0.2, 0.25) is 0 Å². The van der Waals surface area contributed by atoms with Crippen molar-refractivity contribution in [2.45, 2.75) is 83.4 Å². The smallest absolute Gasteiger partial charge is 0.460 e. The van der Waals surface area contributed by atoms with Crippen molar-refractivity contribution in [3.05, 3.63) is 67.0 Å². The molecule has 0 aliphatic carbocycles. The molecule has 5 rings (SSSR count). The molecule has 1 aliphatic rings. The van der Waals surface area contributed by atoms with E-state index in [1.54, 1.807) is 56.4 Å². The fraction of sp³-hybridized carbons (Fsp3) is 0.419. The first kappa shape index (κ1) is 31.9. The summed E-state index contributed by atoms with van der Waals surface area (Å²) < 4.78 is 56.0. The molecule has 4 aromatic rings. The van der Waals surface area contributed by atoms with Gasteiger partial charge in [-0.3, -0.25) is 9.32 Å². The molecule has 1 aliphatic heterocycles. The number of rotatable bonds is 10. The number of aliphatic hydroxyl groups is 1. The SMILES string of the molecule is CC(C)OC(=O)[C@H](C)NP(=O)(Oc1cccc2ccccc12)OC(C)(C)[C@H]1O[C@@H](n2ccc3c(N)ccnc32)[C@](C)(F)[C@@H]1O. The molecule has 0 saturated carbocycles. The van der Waals surface area contributed by atoms with Gasteiger partial charge in [-0.2, -0.15) is 5.09 Å². The number of alkyl halides is 1.